The molecule has 6 nitrogen and oxygen atoms in total. The maximum absolute atomic E-state index is 13.1. The molecule has 2 heterocycles. The molecule has 0 aliphatic carbocycles. The summed E-state index contributed by atoms with van der Waals surface area (Å²) in [6.45, 7) is 4.52. The molecule has 4 rings (SSSR count). The van der Waals surface area contributed by atoms with E-state index in [0.29, 0.717) is 35.5 Å². The Morgan fingerprint density at radius 1 is 0.933 bits per heavy atom. The predicted octanol–water partition coefficient (Wildman–Crippen LogP) is 3.90. The molecule has 0 saturated carbocycles. The summed E-state index contributed by atoms with van der Waals surface area (Å²) in [4.78, 5) is 29.8. The monoisotopic (exact) mass is 405 g/mol. The van der Waals surface area contributed by atoms with Gasteiger partial charge in [-0.3, -0.25) is 14.5 Å². The van der Waals surface area contributed by atoms with Crippen molar-refractivity contribution >= 4 is 28.8 Å². The van der Waals surface area contributed by atoms with E-state index in [1.165, 1.54) is 23.4 Å². The zero-order chi connectivity index (χ0) is 21.1. The molecule has 1 N–H and O–H groups in total. The normalized spacial score (nSPS) is 16.6. The smallest absolute Gasteiger partial charge is 0.278 e. The number of imide groups is 1. The molecule has 0 atom stereocenters. The SMILES string of the molecule is CCCN1C(=O)C(Nc2ccc(N3CCCC3)cc2)=C(c2ccc(OC)cc2)C1=O. The molecule has 2 aromatic carbocycles. The first-order valence-electron chi connectivity index (χ1n) is 10.5. The van der Waals surface area contributed by atoms with Crippen molar-refractivity contribution in [2.24, 2.45) is 0 Å². The number of methoxy groups -OCH3 is 1. The molecule has 0 radical (unpaired) electrons. The topological polar surface area (TPSA) is 61.9 Å². The Labute approximate surface area is 177 Å². The first-order chi connectivity index (χ1) is 14.6. The van der Waals surface area contributed by atoms with Gasteiger partial charge in [0.1, 0.15) is 11.4 Å². The standard InChI is InChI=1S/C24H27N3O3/c1-3-14-27-23(28)21(17-6-12-20(30-2)13-7-17)22(24(27)29)25-18-8-10-19(11-9-18)26-15-4-5-16-26/h6-13,25H,3-5,14-16H2,1-2H3. The number of rotatable bonds is 7. The summed E-state index contributed by atoms with van der Waals surface area (Å²) >= 11 is 0. The summed E-state index contributed by atoms with van der Waals surface area (Å²) in [6.07, 6.45) is 3.16. The molecule has 156 valence electrons. The number of amides is 2. The Morgan fingerprint density at radius 2 is 1.60 bits per heavy atom. The van der Waals surface area contributed by atoms with Crippen LogP contribution < -0.4 is 15.0 Å². The summed E-state index contributed by atoms with van der Waals surface area (Å²) in [7, 11) is 1.60. The van der Waals surface area contributed by atoms with Crippen molar-refractivity contribution in [3.05, 3.63) is 59.8 Å². The molecule has 0 aromatic heterocycles. The molecule has 30 heavy (non-hydrogen) atoms. The van der Waals surface area contributed by atoms with Crippen molar-refractivity contribution in [3.63, 3.8) is 0 Å². The van der Waals surface area contributed by atoms with E-state index >= 15 is 0 Å². The Kier molecular flexibility index (Phi) is 5.74. The van der Waals surface area contributed by atoms with E-state index < -0.39 is 0 Å². The van der Waals surface area contributed by atoms with Gasteiger partial charge in [-0.2, -0.15) is 0 Å². The molecule has 2 amide bonds. The van der Waals surface area contributed by atoms with Crippen LogP contribution in [0.5, 0.6) is 5.75 Å². The first kappa shape index (κ1) is 20.0. The second-order valence-corrected chi connectivity index (χ2v) is 7.61. The fourth-order valence-electron chi connectivity index (χ4n) is 4.02. The summed E-state index contributed by atoms with van der Waals surface area (Å²) in [5, 5.41) is 3.22. The van der Waals surface area contributed by atoms with Gasteiger partial charge in [-0.25, -0.2) is 0 Å². The number of nitrogens with zero attached hydrogens (tertiary/aromatic N) is 2. The van der Waals surface area contributed by atoms with Gasteiger partial charge in [0.25, 0.3) is 11.8 Å². The number of hydrogen-bond donors (Lipinski definition) is 1. The second-order valence-electron chi connectivity index (χ2n) is 7.61. The van der Waals surface area contributed by atoms with Crippen LogP contribution in [0.25, 0.3) is 5.57 Å². The lowest BCUT2D eigenvalue weighted by Gasteiger charge is -2.18. The number of carbonyl (C=O) groups excluding carboxylic acids is 2. The van der Waals surface area contributed by atoms with Gasteiger partial charge in [0.05, 0.1) is 12.7 Å². The Balaban J connectivity index is 1.65. The van der Waals surface area contributed by atoms with Crippen LogP contribution in [0.4, 0.5) is 11.4 Å². The summed E-state index contributed by atoms with van der Waals surface area (Å²) in [6, 6.07) is 15.3. The highest BCUT2D eigenvalue weighted by molar-refractivity contribution is 6.36. The third-order valence-corrected chi connectivity index (χ3v) is 5.60. The molecule has 2 aliphatic rings. The molecule has 2 aromatic rings. The quantitative estimate of drug-likeness (QED) is 0.708. The minimum atomic E-state index is -0.281. The number of anilines is 2. The lowest BCUT2D eigenvalue weighted by Crippen LogP contribution is -2.33. The third-order valence-electron chi connectivity index (χ3n) is 5.60. The average molecular weight is 405 g/mol. The Bertz CT molecular complexity index is 958. The number of nitrogens with one attached hydrogen (secondary N) is 1. The van der Waals surface area contributed by atoms with Crippen LogP contribution in [0, 0.1) is 0 Å². The maximum Gasteiger partial charge on any atom is 0.278 e. The van der Waals surface area contributed by atoms with Crippen molar-refractivity contribution in [3.8, 4) is 5.75 Å². The lowest BCUT2D eigenvalue weighted by atomic mass is 10.0. The number of benzene rings is 2. The number of hydrogen-bond acceptors (Lipinski definition) is 5. The molecule has 1 saturated heterocycles. The van der Waals surface area contributed by atoms with Gasteiger partial charge in [-0.1, -0.05) is 19.1 Å². The van der Waals surface area contributed by atoms with E-state index in [9.17, 15) is 9.59 Å². The lowest BCUT2D eigenvalue weighted by molar-refractivity contribution is -0.136. The highest BCUT2D eigenvalue weighted by atomic mass is 16.5. The van der Waals surface area contributed by atoms with Crippen LogP contribution in [0.1, 0.15) is 31.7 Å². The summed E-state index contributed by atoms with van der Waals surface area (Å²) in [5.74, 6) is 0.160. The number of carbonyl (C=O) groups is 2. The van der Waals surface area contributed by atoms with Crippen LogP contribution in [-0.2, 0) is 9.59 Å². The van der Waals surface area contributed by atoms with Crippen LogP contribution in [-0.4, -0.2) is 43.5 Å². The molecular weight excluding hydrogens is 378 g/mol. The predicted molar refractivity (Wildman–Crippen MR) is 118 cm³/mol. The molecule has 0 unspecified atom stereocenters. The molecule has 1 fully saturated rings. The van der Waals surface area contributed by atoms with Crippen LogP contribution in [0.2, 0.25) is 0 Å². The van der Waals surface area contributed by atoms with E-state index in [-0.39, 0.29) is 11.8 Å². The zero-order valence-corrected chi connectivity index (χ0v) is 17.5. The van der Waals surface area contributed by atoms with Gasteiger partial charge in [-0.15, -0.1) is 0 Å². The zero-order valence-electron chi connectivity index (χ0n) is 17.5. The van der Waals surface area contributed by atoms with Crippen molar-refractivity contribution in [2.45, 2.75) is 26.2 Å². The summed E-state index contributed by atoms with van der Waals surface area (Å²) in [5.41, 5.74) is 3.40. The third kappa shape index (κ3) is 3.77. The van der Waals surface area contributed by atoms with Gasteiger partial charge < -0.3 is 15.0 Å². The largest absolute Gasteiger partial charge is 0.497 e. The first-order valence-corrected chi connectivity index (χ1v) is 10.5. The van der Waals surface area contributed by atoms with Crippen molar-refractivity contribution < 1.29 is 14.3 Å². The van der Waals surface area contributed by atoms with Crippen molar-refractivity contribution in [2.75, 3.05) is 37.0 Å². The Morgan fingerprint density at radius 3 is 2.20 bits per heavy atom. The maximum atomic E-state index is 13.1. The van der Waals surface area contributed by atoms with Crippen molar-refractivity contribution in [1.29, 1.82) is 0 Å². The van der Waals surface area contributed by atoms with E-state index in [4.69, 9.17) is 4.74 Å². The second kappa shape index (κ2) is 8.61. The van der Waals surface area contributed by atoms with Crippen LogP contribution in [0.15, 0.2) is 54.2 Å². The molecule has 0 bridgehead atoms. The molecule has 6 heteroatoms. The Hall–Kier alpha value is -3.28. The van der Waals surface area contributed by atoms with Gasteiger partial charge in [-0.05, 0) is 61.2 Å². The highest BCUT2D eigenvalue weighted by Gasteiger charge is 2.38. The van der Waals surface area contributed by atoms with Crippen LogP contribution >= 0.6 is 0 Å². The fraction of sp³-hybridized carbons (Fsp3) is 0.333. The van der Waals surface area contributed by atoms with E-state index in [0.717, 1.165) is 18.8 Å². The van der Waals surface area contributed by atoms with Crippen LogP contribution in [0.3, 0.4) is 0 Å². The molecule has 2 aliphatic heterocycles. The van der Waals surface area contributed by atoms with E-state index in [2.05, 4.69) is 22.3 Å². The number of ether oxygens (including phenoxy) is 1. The van der Waals surface area contributed by atoms with Gasteiger partial charge >= 0.3 is 0 Å². The minimum absolute atomic E-state index is 0.261. The highest BCUT2D eigenvalue weighted by Crippen LogP contribution is 2.32. The summed E-state index contributed by atoms with van der Waals surface area (Å²) < 4.78 is 5.22. The molecular formula is C24H27N3O3. The van der Waals surface area contributed by atoms with E-state index in [1.807, 2.05) is 31.2 Å². The minimum Gasteiger partial charge on any atom is -0.497 e. The van der Waals surface area contributed by atoms with Gasteiger partial charge in [0.15, 0.2) is 0 Å². The van der Waals surface area contributed by atoms with Gasteiger partial charge in [0.2, 0.25) is 0 Å². The van der Waals surface area contributed by atoms with Gasteiger partial charge in [0, 0.05) is 31.0 Å². The average Bonchev–Trinajstić information content (AvgIpc) is 3.39. The van der Waals surface area contributed by atoms with Crippen molar-refractivity contribution in [1.82, 2.24) is 4.90 Å². The molecule has 0 spiro atoms. The van der Waals surface area contributed by atoms with E-state index in [1.54, 1.807) is 19.2 Å². The fourth-order valence-corrected chi connectivity index (χ4v) is 4.02.